The largest absolute Gasteiger partial charge is 0.497 e. The Morgan fingerprint density at radius 2 is 1.83 bits per heavy atom. The molecule has 1 heterocycles. The average Bonchev–Trinajstić information content (AvgIpc) is 2.61. The number of benzene rings is 2. The van der Waals surface area contributed by atoms with E-state index in [9.17, 15) is 5.11 Å². The first-order valence-corrected chi connectivity index (χ1v) is 8.36. The number of hydrogen-bond donors (Lipinski definition) is 1. The van der Waals surface area contributed by atoms with Gasteiger partial charge in [0.05, 0.1) is 13.2 Å². The van der Waals surface area contributed by atoms with E-state index >= 15 is 0 Å². The molecule has 0 spiro atoms. The van der Waals surface area contributed by atoms with Crippen molar-refractivity contribution in [3.63, 3.8) is 0 Å². The van der Waals surface area contributed by atoms with Gasteiger partial charge in [0.15, 0.2) is 0 Å². The Morgan fingerprint density at radius 1 is 1.09 bits per heavy atom. The lowest BCUT2D eigenvalue weighted by atomic mass is 9.93. The van der Waals surface area contributed by atoms with Crippen molar-refractivity contribution in [1.82, 2.24) is 4.90 Å². The second-order valence-corrected chi connectivity index (χ2v) is 6.24. The molecule has 1 fully saturated rings. The molecule has 2 unspecified atom stereocenters. The van der Waals surface area contributed by atoms with Gasteiger partial charge in [-0.3, -0.25) is 4.90 Å². The lowest BCUT2D eigenvalue weighted by molar-refractivity contribution is 0.0414. The highest BCUT2D eigenvalue weighted by molar-refractivity contribution is 5.29. The number of likely N-dealkylation sites (tertiary alicyclic amines) is 1. The van der Waals surface area contributed by atoms with E-state index in [-0.39, 0.29) is 12.1 Å². The summed E-state index contributed by atoms with van der Waals surface area (Å²) < 4.78 is 5.25. The van der Waals surface area contributed by atoms with E-state index in [4.69, 9.17) is 4.74 Å². The van der Waals surface area contributed by atoms with Gasteiger partial charge in [-0.2, -0.15) is 0 Å². The minimum Gasteiger partial charge on any atom is -0.497 e. The number of methoxy groups -OCH3 is 1. The zero-order valence-electron chi connectivity index (χ0n) is 13.7. The molecule has 3 rings (SSSR count). The number of rotatable bonds is 5. The van der Waals surface area contributed by atoms with Crippen LogP contribution in [0.2, 0.25) is 0 Å². The number of aliphatic hydroxyl groups is 1. The Labute approximate surface area is 138 Å². The molecule has 2 aromatic carbocycles. The summed E-state index contributed by atoms with van der Waals surface area (Å²) in [6.07, 6.45) is 2.52. The number of aliphatic hydroxyl groups excluding tert-OH is 1. The second kappa shape index (κ2) is 7.62. The predicted molar refractivity (Wildman–Crippen MR) is 92.7 cm³/mol. The zero-order chi connectivity index (χ0) is 16.1. The summed E-state index contributed by atoms with van der Waals surface area (Å²) in [5.74, 6) is 0.876. The van der Waals surface area contributed by atoms with Crippen molar-refractivity contribution in [2.75, 3.05) is 20.2 Å². The highest BCUT2D eigenvalue weighted by atomic mass is 16.5. The molecule has 2 atom stereocenters. The van der Waals surface area contributed by atoms with E-state index in [1.165, 1.54) is 11.1 Å². The minimum atomic E-state index is -0.199. The fourth-order valence-corrected chi connectivity index (χ4v) is 3.35. The first-order valence-electron chi connectivity index (χ1n) is 8.36. The van der Waals surface area contributed by atoms with Crippen LogP contribution >= 0.6 is 0 Å². The topological polar surface area (TPSA) is 32.7 Å². The highest BCUT2D eigenvalue weighted by Gasteiger charge is 2.28. The third kappa shape index (κ3) is 4.12. The van der Waals surface area contributed by atoms with Crippen molar-refractivity contribution < 1.29 is 9.84 Å². The van der Waals surface area contributed by atoms with Gasteiger partial charge >= 0.3 is 0 Å². The first-order chi connectivity index (χ1) is 11.3. The van der Waals surface area contributed by atoms with Crippen molar-refractivity contribution in [3.05, 3.63) is 65.7 Å². The summed E-state index contributed by atoms with van der Waals surface area (Å²) in [6.45, 7) is 1.97. The van der Waals surface area contributed by atoms with Crippen LogP contribution in [0.4, 0.5) is 0 Å². The predicted octanol–water partition coefficient (Wildman–Crippen LogP) is 3.44. The van der Waals surface area contributed by atoms with Crippen molar-refractivity contribution >= 4 is 0 Å². The minimum absolute atomic E-state index is 0.199. The van der Waals surface area contributed by atoms with Crippen LogP contribution in [0.15, 0.2) is 54.6 Å². The maximum absolute atomic E-state index is 10.1. The SMILES string of the molecule is COc1ccc(C2CC(O)CCN2CCc2ccccc2)cc1. The fourth-order valence-electron chi connectivity index (χ4n) is 3.35. The van der Waals surface area contributed by atoms with Gasteiger partial charge in [0, 0.05) is 19.1 Å². The van der Waals surface area contributed by atoms with Crippen molar-refractivity contribution in [2.45, 2.75) is 31.4 Å². The molecular formula is C20H25NO2. The molecule has 3 heteroatoms. The monoisotopic (exact) mass is 311 g/mol. The van der Waals surface area contributed by atoms with E-state index in [2.05, 4.69) is 47.4 Å². The second-order valence-electron chi connectivity index (χ2n) is 6.24. The van der Waals surface area contributed by atoms with Crippen LogP contribution in [-0.4, -0.2) is 36.3 Å². The van der Waals surface area contributed by atoms with Gasteiger partial charge in [-0.1, -0.05) is 42.5 Å². The molecule has 0 radical (unpaired) electrons. The van der Waals surface area contributed by atoms with Gasteiger partial charge in [0.25, 0.3) is 0 Å². The van der Waals surface area contributed by atoms with Crippen molar-refractivity contribution in [2.24, 2.45) is 0 Å². The molecule has 1 aliphatic heterocycles. The Morgan fingerprint density at radius 3 is 2.52 bits per heavy atom. The molecule has 1 N–H and O–H groups in total. The molecule has 122 valence electrons. The number of nitrogens with zero attached hydrogens (tertiary/aromatic N) is 1. The van der Waals surface area contributed by atoms with Crippen LogP contribution in [0.5, 0.6) is 5.75 Å². The molecule has 0 saturated carbocycles. The van der Waals surface area contributed by atoms with Gasteiger partial charge in [0.1, 0.15) is 5.75 Å². The van der Waals surface area contributed by atoms with E-state index < -0.39 is 0 Å². The number of piperidine rings is 1. The third-order valence-corrected chi connectivity index (χ3v) is 4.72. The molecule has 2 aromatic rings. The molecule has 1 saturated heterocycles. The van der Waals surface area contributed by atoms with Gasteiger partial charge < -0.3 is 9.84 Å². The average molecular weight is 311 g/mol. The summed E-state index contributed by atoms with van der Waals surface area (Å²) in [6, 6.07) is 19.1. The number of hydrogen-bond acceptors (Lipinski definition) is 3. The van der Waals surface area contributed by atoms with Gasteiger partial charge in [-0.05, 0) is 42.5 Å². The van der Waals surface area contributed by atoms with Crippen LogP contribution in [0, 0.1) is 0 Å². The molecule has 23 heavy (non-hydrogen) atoms. The molecule has 0 aromatic heterocycles. The lowest BCUT2D eigenvalue weighted by Gasteiger charge is -2.38. The molecular weight excluding hydrogens is 286 g/mol. The summed E-state index contributed by atoms with van der Waals surface area (Å²) in [5, 5.41) is 10.1. The standard InChI is InChI=1S/C20H25NO2/c1-23-19-9-7-17(8-10-19)20-15-18(22)12-14-21(20)13-11-16-5-3-2-4-6-16/h2-10,18,20,22H,11-15H2,1H3. The van der Waals surface area contributed by atoms with E-state index in [1.807, 2.05) is 12.1 Å². The van der Waals surface area contributed by atoms with Crippen LogP contribution in [0.3, 0.4) is 0 Å². The Kier molecular flexibility index (Phi) is 5.31. The first kappa shape index (κ1) is 16.0. The summed E-state index contributed by atoms with van der Waals surface area (Å²) in [4.78, 5) is 2.50. The van der Waals surface area contributed by atoms with Crippen LogP contribution < -0.4 is 4.74 Å². The van der Waals surface area contributed by atoms with Crippen LogP contribution in [-0.2, 0) is 6.42 Å². The Balaban J connectivity index is 1.71. The molecule has 0 aliphatic carbocycles. The third-order valence-electron chi connectivity index (χ3n) is 4.72. The fraction of sp³-hybridized carbons (Fsp3) is 0.400. The lowest BCUT2D eigenvalue weighted by Crippen LogP contribution is -2.39. The highest BCUT2D eigenvalue weighted by Crippen LogP contribution is 2.32. The Bertz CT molecular complexity index is 597. The van der Waals surface area contributed by atoms with E-state index in [1.54, 1.807) is 7.11 Å². The molecule has 1 aliphatic rings. The maximum Gasteiger partial charge on any atom is 0.118 e. The molecule has 0 bridgehead atoms. The quantitative estimate of drug-likeness (QED) is 0.918. The van der Waals surface area contributed by atoms with E-state index in [0.717, 1.165) is 38.1 Å². The van der Waals surface area contributed by atoms with E-state index in [0.29, 0.717) is 0 Å². The van der Waals surface area contributed by atoms with Crippen molar-refractivity contribution in [1.29, 1.82) is 0 Å². The number of ether oxygens (including phenoxy) is 1. The van der Waals surface area contributed by atoms with Gasteiger partial charge in [0.2, 0.25) is 0 Å². The summed E-state index contributed by atoms with van der Waals surface area (Å²) in [7, 11) is 1.69. The molecule has 3 nitrogen and oxygen atoms in total. The zero-order valence-corrected chi connectivity index (χ0v) is 13.7. The van der Waals surface area contributed by atoms with Gasteiger partial charge in [-0.15, -0.1) is 0 Å². The molecule has 0 amide bonds. The van der Waals surface area contributed by atoms with Crippen molar-refractivity contribution in [3.8, 4) is 5.75 Å². The normalized spacial score (nSPS) is 22.0. The van der Waals surface area contributed by atoms with Gasteiger partial charge in [-0.25, -0.2) is 0 Å². The maximum atomic E-state index is 10.1. The summed E-state index contributed by atoms with van der Waals surface area (Å²) >= 11 is 0. The van der Waals surface area contributed by atoms with Crippen LogP contribution in [0.25, 0.3) is 0 Å². The van der Waals surface area contributed by atoms with Crippen LogP contribution in [0.1, 0.15) is 30.0 Å². The smallest absolute Gasteiger partial charge is 0.118 e. The summed E-state index contributed by atoms with van der Waals surface area (Å²) in [5.41, 5.74) is 2.63. The Hall–Kier alpha value is -1.84.